The SMILES string of the molecule is [B]NC(=O)CN(CC(=O)NCCCCCC(=O)N1CC(C(=O)N[B])CC(C(=O)N[B])C1)CC(=O)NCCCCCC(=O)C(C)(C)C. The van der Waals surface area contributed by atoms with Gasteiger partial charge in [0.2, 0.25) is 59.4 Å². The molecule has 46 heavy (non-hydrogen) atoms. The Bertz CT molecular complexity index is 1030. The maximum Gasteiger partial charge on any atom is 0.234 e. The Morgan fingerprint density at radius 1 is 0.652 bits per heavy atom. The quantitative estimate of drug-likeness (QED) is 0.0773. The van der Waals surface area contributed by atoms with Gasteiger partial charge in [0, 0.05) is 44.4 Å². The fourth-order valence-corrected chi connectivity index (χ4v) is 5.01. The zero-order chi connectivity index (χ0) is 34.7. The smallest absolute Gasteiger partial charge is 0.234 e. The maximum absolute atomic E-state index is 12.8. The molecule has 1 fully saturated rings. The number of likely N-dealkylation sites (tertiary alicyclic amines) is 1. The highest BCUT2D eigenvalue weighted by Crippen LogP contribution is 2.23. The van der Waals surface area contributed by atoms with Crippen molar-refractivity contribution in [2.45, 2.75) is 78.6 Å². The lowest BCUT2D eigenvalue weighted by Crippen LogP contribution is -2.51. The van der Waals surface area contributed by atoms with Crippen LogP contribution in [0.4, 0.5) is 0 Å². The number of amides is 6. The van der Waals surface area contributed by atoms with E-state index in [0.29, 0.717) is 45.2 Å². The molecule has 0 aromatic heterocycles. The van der Waals surface area contributed by atoms with Crippen molar-refractivity contribution in [1.82, 2.24) is 36.1 Å². The van der Waals surface area contributed by atoms with Gasteiger partial charge in [-0.25, -0.2) is 0 Å². The van der Waals surface area contributed by atoms with Crippen LogP contribution in [0.15, 0.2) is 0 Å². The third-order valence-electron chi connectivity index (χ3n) is 7.72. The molecule has 6 radical (unpaired) electrons. The average Bonchev–Trinajstić information content (AvgIpc) is 3.02. The Hall–Kier alpha value is -3.36. The molecule has 5 N–H and O–H groups in total. The lowest BCUT2D eigenvalue weighted by molar-refractivity contribution is -0.139. The molecule has 0 aromatic rings. The largest absolute Gasteiger partial charge is 0.409 e. The van der Waals surface area contributed by atoms with E-state index < -0.39 is 29.6 Å². The summed E-state index contributed by atoms with van der Waals surface area (Å²) in [4.78, 5) is 88.5. The first kappa shape index (κ1) is 40.7. The predicted octanol–water partition coefficient (Wildman–Crippen LogP) is -1.68. The molecule has 250 valence electrons. The number of ketones is 1. The Balaban J connectivity index is 2.39. The minimum Gasteiger partial charge on any atom is -0.409 e. The number of carbonyl (C=O) groups excluding carboxylic acids is 7. The third kappa shape index (κ3) is 16.3. The molecule has 2 unspecified atom stereocenters. The highest BCUT2D eigenvalue weighted by Gasteiger charge is 2.36. The van der Waals surface area contributed by atoms with Crippen LogP contribution in [0, 0.1) is 17.3 Å². The number of hydrogen-bond acceptors (Lipinski definition) is 8. The summed E-state index contributed by atoms with van der Waals surface area (Å²) in [6.45, 7) is 6.11. The number of carbonyl (C=O) groups is 7. The van der Waals surface area contributed by atoms with Gasteiger partial charge in [-0.3, -0.25) is 38.5 Å². The van der Waals surface area contributed by atoms with Crippen LogP contribution < -0.4 is 26.3 Å². The van der Waals surface area contributed by atoms with Gasteiger partial charge < -0.3 is 31.2 Å². The van der Waals surface area contributed by atoms with E-state index in [4.69, 9.17) is 23.9 Å². The Morgan fingerprint density at radius 3 is 1.54 bits per heavy atom. The van der Waals surface area contributed by atoms with E-state index in [9.17, 15) is 33.6 Å². The van der Waals surface area contributed by atoms with Crippen LogP contribution in [-0.4, -0.2) is 121 Å². The number of nitrogens with one attached hydrogen (secondary N) is 5. The number of hydrogen-bond donors (Lipinski definition) is 5. The predicted molar refractivity (Wildman–Crippen MR) is 174 cm³/mol. The monoisotopic (exact) mass is 639 g/mol. The summed E-state index contributed by atoms with van der Waals surface area (Å²) in [6, 6.07) is 0. The summed E-state index contributed by atoms with van der Waals surface area (Å²) in [7, 11) is 15.7. The van der Waals surface area contributed by atoms with Gasteiger partial charge in [0.1, 0.15) is 5.78 Å². The summed E-state index contributed by atoms with van der Waals surface area (Å²) in [5, 5.41) is 11.7. The number of unbranched alkanes of at least 4 members (excludes halogenated alkanes) is 4. The molecule has 1 rings (SSSR count). The lowest BCUT2D eigenvalue weighted by atomic mass is 9.87. The molecule has 0 spiro atoms. The fraction of sp³-hybridized carbons (Fsp3) is 0.759. The minimum absolute atomic E-state index is 0.156. The third-order valence-corrected chi connectivity index (χ3v) is 7.72. The van der Waals surface area contributed by atoms with Crippen LogP contribution in [0.3, 0.4) is 0 Å². The summed E-state index contributed by atoms with van der Waals surface area (Å²) in [5.41, 5.74) is -0.358. The molecule has 0 saturated carbocycles. The average molecular weight is 639 g/mol. The lowest BCUT2D eigenvalue weighted by Gasteiger charge is -2.36. The van der Waals surface area contributed by atoms with Crippen LogP contribution in [-0.2, 0) is 33.6 Å². The van der Waals surface area contributed by atoms with Gasteiger partial charge in [-0.05, 0) is 32.1 Å². The standard InChI is InChI=1S/C29H48B3N7O7/c1-29(2,3)22(40)10-6-4-8-12-33-23(41)17-38(19-25(43)35-30)18-24(42)34-13-9-5-7-11-26(44)39-15-20(27(45)36-31)14-21(16-39)28(46)37-32/h20-21H,4-19H2,1-3H3,(H,33,41)(H,34,42)(H,35,43)(H,36,45)(H,37,46). The highest BCUT2D eigenvalue weighted by molar-refractivity contribution is 6.16. The van der Waals surface area contributed by atoms with Crippen LogP contribution in [0.2, 0.25) is 0 Å². The molecule has 2 atom stereocenters. The summed E-state index contributed by atoms with van der Waals surface area (Å²) >= 11 is 0. The Kier molecular flexibility index (Phi) is 19.0. The topological polar surface area (TPSA) is 186 Å². The number of nitrogens with zero attached hydrogens (tertiary/aromatic N) is 2. The number of rotatable bonds is 20. The van der Waals surface area contributed by atoms with Gasteiger partial charge >= 0.3 is 0 Å². The summed E-state index contributed by atoms with van der Waals surface area (Å²) < 4.78 is 0. The van der Waals surface area contributed by atoms with Crippen molar-refractivity contribution in [3.63, 3.8) is 0 Å². The van der Waals surface area contributed by atoms with Gasteiger partial charge in [0.15, 0.2) is 0 Å². The molecule has 14 nitrogen and oxygen atoms in total. The molecule has 0 aromatic carbocycles. The summed E-state index contributed by atoms with van der Waals surface area (Å²) in [6.07, 6.45) is 4.92. The van der Waals surface area contributed by atoms with Crippen molar-refractivity contribution in [3.05, 3.63) is 0 Å². The van der Waals surface area contributed by atoms with Gasteiger partial charge in [-0.2, -0.15) is 0 Å². The normalized spacial score (nSPS) is 16.3. The zero-order valence-corrected chi connectivity index (χ0v) is 27.5. The second kappa shape index (κ2) is 21.4. The van der Waals surface area contributed by atoms with Gasteiger partial charge in [-0.15, -0.1) is 0 Å². The maximum atomic E-state index is 12.8. The zero-order valence-electron chi connectivity index (χ0n) is 27.5. The highest BCUT2D eigenvalue weighted by atomic mass is 16.2. The molecule has 1 aliphatic rings. The van der Waals surface area contributed by atoms with Crippen molar-refractivity contribution in [3.8, 4) is 0 Å². The van der Waals surface area contributed by atoms with E-state index in [1.807, 2.05) is 26.0 Å². The molecule has 1 aliphatic heterocycles. The van der Waals surface area contributed by atoms with Crippen molar-refractivity contribution >= 4 is 65.2 Å². The molecule has 0 aliphatic carbocycles. The molecule has 0 bridgehead atoms. The minimum atomic E-state index is -0.622. The Labute approximate surface area is 276 Å². The van der Waals surface area contributed by atoms with Crippen LogP contribution in [0.5, 0.6) is 0 Å². The summed E-state index contributed by atoms with van der Waals surface area (Å²) in [5.74, 6) is -3.41. The first-order valence-corrected chi connectivity index (χ1v) is 15.8. The van der Waals surface area contributed by atoms with E-state index in [0.717, 1.165) is 12.8 Å². The molecule has 6 amide bonds. The molecule has 1 heterocycles. The van der Waals surface area contributed by atoms with E-state index in [1.54, 1.807) is 0 Å². The number of Topliss-reactive ketones (excluding diaryl/α,β-unsaturated/α-hetero) is 1. The van der Waals surface area contributed by atoms with Crippen LogP contribution in [0.1, 0.15) is 78.6 Å². The van der Waals surface area contributed by atoms with Crippen molar-refractivity contribution < 1.29 is 33.6 Å². The fourth-order valence-electron chi connectivity index (χ4n) is 5.01. The van der Waals surface area contributed by atoms with Gasteiger partial charge in [0.25, 0.3) is 0 Å². The number of piperidine rings is 1. The first-order valence-electron chi connectivity index (χ1n) is 15.8. The van der Waals surface area contributed by atoms with E-state index in [1.165, 1.54) is 9.80 Å². The molecule has 1 saturated heterocycles. The van der Waals surface area contributed by atoms with Gasteiger partial charge in [-0.1, -0.05) is 33.6 Å². The van der Waals surface area contributed by atoms with Crippen LogP contribution in [0.25, 0.3) is 0 Å². The van der Waals surface area contributed by atoms with E-state index >= 15 is 0 Å². The second-order valence-corrected chi connectivity index (χ2v) is 12.7. The first-order chi connectivity index (χ1) is 21.7. The van der Waals surface area contributed by atoms with E-state index in [2.05, 4.69) is 21.1 Å². The van der Waals surface area contributed by atoms with E-state index in [-0.39, 0.29) is 74.5 Å². The second-order valence-electron chi connectivity index (χ2n) is 12.7. The van der Waals surface area contributed by atoms with Crippen molar-refractivity contribution in [2.75, 3.05) is 45.8 Å². The van der Waals surface area contributed by atoms with Gasteiger partial charge in [0.05, 0.1) is 31.5 Å². The van der Waals surface area contributed by atoms with Crippen molar-refractivity contribution in [1.29, 1.82) is 0 Å². The molecular formula is C29H48B3N7O7. The Morgan fingerprint density at radius 2 is 1.11 bits per heavy atom. The van der Waals surface area contributed by atoms with Crippen molar-refractivity contribution in [2.24, 2.45) is 17.3 Å². The van der Waals surface area contributed by atoms with Crippen LogP contribution >= 0.6 is 0 Å². The molecule has 17 heteroatoms. The molecular weight excluding hydrogens is 591 g/mol.